The minimum atomic E-state index is 0.315. The molecular weight excluding hydrogens is 420 g/mol. The standard InChI is InChI=1S/C29H34N4O/c1-2-34-29-30-26-16-9-10-17-27(26)33(29)19-11-18-31-20-22-32(23-21-31)28(24-12-5-3-6-13-24)25-14-7-4-8-15-25/h3-10,12-17,28H,2,11,18-23H2,1H3. The van der Waals surface area contributed by atoms with Crippen molar-refractivity contribution in [3.05, 3.63) is 96.1 Å². The molecule has 4 aromatic rings. The first-order chi connectivity index (χ1) is 16.8. The van der Waals surface area contributed by atoms with Gasteiger partial charge in [-0.2, -0.15) is 4.98 Å². The maximum absolute atomic E-state index is 5.82. The van der Waals surface area contributed by atoms with E-state index in [1.54, 1.807) is 0 Å². The van der Waals surface area contributed by atoms with Crippen LogP contribution in [0.4, 0.5) is 0 Å². The number of hydrogen-bond donors (Lipinski definition) is 0. The monoisotopic (exact) mass is 454 g/mol. The first-order valence-corrected chi connectivity index (χ1v) is 12.5. The van der Waals surface area contributed by atoms with E-state index >= 15 is 0 Å². The number of aromatic nitrogens is 2. The van der Waals surface area contributed by atoms with Gasteiger partial charge in [-0.05, 0) is 43.1 Å². The predicted molar refractivity (Wildman–Crippen MR) is 138 cm³/mol. The third kappa shape index (κ3) is 5.01. The molecule has 0 N–H and O–H groups in total. The van der Waals surface area contributed by atoms with E-state index in [0.717, 1.165) is 62.7 Å². The van der Waals surface area contributed by atoms with Crippen molar-refractivity contribution in [2.45, 2.75) is 25.9 Å². The van der Waals surface area contributed by atoms with Crippen LogP contribution in [0.15, 0.2) is 84.9 Å². The third-order valence-electron chi connectivity index (χ3n) is 6.75. The molecule has 1 aromatic heterocycles. The molecule has 5 nitrogen and oxygen atoms in total. The van der Waals surface area contributed by atoms with E-state index in [4.69, 9.17) is 4.74 Å². The Kier molecular flexibility index (Phi) is 7.22. The van der Waals surface area contributed by atoms with E-state index in [9.17, 15) is 0 Å². The molecule has 0 saturated carbocycles. The summed E-state index contributed by atoms with van der Waals surface area (Å²) >= 11 is 0. The average molecular weight is 455 g/mol. The Morgan fingerprint density at radius 2 is 1.38 bits per heavy atom. The van der Waals surface area contributed by atoms with Crippen LogP contribution in [0.1, 0.15) is 30.5 Å². The molecule has 1 fully saturated rings. The van der Waals surface area contributed by atoms with Gasteiger partial charge >= 0.3 is 0 Å². The molecule has 176 valence electrons. The van der Waals surface area contributed by atoms with Gasteiger partial charge in [0, 0.05) is 32.7 Å². The molecule has 0 unspecified atom stereocenters. The summed E-state index contributed by atoms with van der Waals surface area (Å²) in [4.78, 5) is 9.91. The highest BCUT2D eigenvalue weighted by molar-refractivity contribution is 5.76. The van der Waals surface area contributed by atoms with Gasteiger partial charge in [-0.25, -0.2) is 0 Å². The van der Waals surface area contributed by atoms with Gasteiger partial charge in [-0.1, -0.05) is 72.8 Å². The Morgan fingerprint density at radius 1 is 0.765 bits per heavy atom. The van der Waals surface area contributed by atoms with Crippen LogP contribution in [-0.4, -0.2) is 58.7 Å². The van der Waals surface area contributed by atoms with Gasteiger partial charge in [0.05, 0.1) is 23.7 Å². The Balaban J connectivity index is 1.20. The number of fused-ring (bicyclic) bond motifs is 1. The Bertz CT molecular complexity index is 1130. The molecule has 0 radical (unpaired) electrons. The number of rotatable bonds is 9. The lowest BCUT2D eigenvalue weighted by Gasteiger charge is -2.40. The highest BCUT2D eigenvalue weighted by Crippen LogP contribution is 2.29. The molecule has 2 heterocycles. The third-order valence-corrected chi connectivity index (χ3v) is 6.75. The first-order valence-electron chi connectivity index (χ1n) is 12.5. The highest BCUT2D eigenvalue weighted by Gasteiger charge is 2.26. The van der Waals surface area contributed by atoms with Crippen LogP contribution in [0, 0.1) is 0 Å². The molecule has 5 heteroatoms. The second-order valence-electron chi connectivity index (χ2n) is 8.92. The number of benzene rings is 3. The normalized spacial score (nSPS) is 15.2. The fourth-order valence-corrected chi connectivity index (χ4v) is 5.09. The van der Waals surface area contributed by atoms with Crippen LogP contribution in [-0.2, 0) is 6.54 Å². The molecule has 1 aliphatic rings. The zero-order valence-electron chi connectivity index (χ0n) is 20.0. The van der Waals surface area contributed by atoms with Gasteiger partial charge < -0.3 is 9.64 Å². The van der Waals surface area contributed by atoms with E-state index in [1.807, 2.05) is 13.0 Å². The van der Waals surface area contributed by atoms with Gasteiger partial charge in [-0.3, -0.25) is 9.47 Å². The van der Waals surface area contributed by atoms with E-state index in [1.165, 1.54) is 11.1 Å². The fraction of sp³-hybridized carbons (Fsp3) is 0.345. The number of aryl methyl sites for hydroxylation is 1. The van der Waals surface area contributed by atoms with Gasteiger partial charge in [-0.15, -0.1) is 0 Å². The summed E-state index contributed by atoms with van der Waals surface area (Å²) in [6.07, 6.45) is 1.08. The van der Waals surface area contributed by atoms with Crippen LogP contribution >= 0.6 is 0 Å². The summed E-state index contributed by atoms with van der Waals surface area (Å²) in [5.41, 5.74) is 4.91. The number of imidazole rings is 1. The van der Waals surface area contributed by atoms with E-state index in [2.05, 4.69) is 98.2 Å². The first kappa shape index (κ1) is 22.6. The number of piperazine rings is 1. The molecule has 0 amide bonds. The van der Waals surface area contributed by atoms with Gasteiger partial charge in [0.15, 0.2) is 0 Å². The van der Waals surface area contributed by atoms with Crippen molar-refractivity contribution >= 4 is 11.0 Å². The quantitative estimate of drug-likeness (QED) is 0.347. The summed E-state index contributed by atoms with van der Waals surface area (Å²) in [6.45, 7) is 9.01. The van der Waals surface area contributed by atoms with Gasteiger partial charge in [0.2, 0.25) is 0 Å². The molecule has 5 rings (SSSR count). The molecule has 0 aliphatic carbocycles. The number of para-hydroxylation sites is 2. The average Bonchev–Trinajstić information content (AvgIpc) is 3.24. The van der Waals surface area contributed by atoms with E-state index in [0.29, 0.717) is 12.6 Å². The second-order valence-corrected chi connectivity index (χ2v) is 8.92. The van der Waals surface area contributed by atoms with E-state index < -0.39 is 0 Å². The molecule has 0 spiro atoms. The maximum Gasteiger partial charge on any atom is 0.297 e. The molecule has 1 saturated heterocycles. The number of ether oxygens (including phenoxy) is 1. The van der Waals surface area contributed by atoms with Crippen LogP contribution in [0.3, 0.4) is 0 Å². The van der Waals surface area contributed by atoms with Gasteiger partial charge in [0.1, 0.15) is 0 Å². The summed E-state index contributed by atoms with van der Waals surface area (Å²) in [5.74, 6) is 0. The van der Waals surface area contributed by atoms with Crippen molar-refractivity contribution in [2.24, 2.45) is 0 Å². The van der Waals surface area contributed by atoms with Crippen LogP contribution < -0.4 is 4.74 Å². The second kappa shape index (κ2) is 10.9. The molecule has 34 heavy (non-hydrogen) atoms. The smallest absolute Gasteiger partial charge is 0.297 e. The lowest BCUT2D eigenvalue weighted by molar-refractivity contribution is 0.107. The van der Waals surface area contributed by atoms with Crippen LogP contribution in [0.25, 0.3) is 11.0 Å². The minimum absolute atomic E-state index is 0.315. The van der Waals surface area contributed by atoms with Crippen molar-refractivity contribution in [2.75, 3.05) is 39.3 Å². The SMILES string of the molecule is CCOc1nc2ccccc2n1CCCN1CCN(C(c2ccccc2)c2ccccc2)CC1. The summed E-state index contributed by atoms with van der Waals surface area (Å²) in [6, 6.07) is 31.2. The molecular formula is C29H34N4O. The lowest BCUT2D eigenvalue weighted by Crippen LogP contribution is -2.48. The molecule has 0 bridgehead atoms. The van der Waals surface area contributed by atoms with Crippen molar-refractivity contribution in [1.29, 1.82) is 0 Å². The van der Waals surface area contributed by atoms with Crippen molar-refractivity contribution in [1.82, 2.24) is 19.4 Å². The zero-order valence-corrected chi connectivity index (χ0v) is 20.0. The summed E-state index contributed by atoms with van der Waals surface area (Å²) in [5, 5.41) is 0. The Hall–Kier alpha value is -3.15. The van der Waals surface area contributed by atoms with Crippen molar-refractivity contribution < 1.29 is 4.74 Å². The number of hydrogen-bond acceptors (Lipinski definition) is 4. The minimum Gasteiger partial charge on any atom is -0.465 e. The van der Waals surface area contributed by atoms with Crippen LogP contribution in [0.2, 0.25) is 0 Å². The highest BCUT2D eigenvalue weighted by atomic mass is 16.5. The summed E-state index contributed by atoms with van der Waals surface area (Å²) in [7, 11) is 0. The van der Waals surface area contributed by atoms with Crippen molar-refractivity contribution in [3.63, 3.8) is 0 Å². The maximum atomic E-state index is 5.82. The number of nitrogens with zero attached hydrogens (tertiary/aromatic N) is 4. The predicted octanol–water partition coefficient (Wildman–Crippen LogP) is 5.23. The van der Waals surface area contributed by atoms with E-state index in [-0.39, 0.29) is 0 Å². The van der Waals surface area contributed by atoms with Crippen LogP contribution in [0.5, 0.6) is 6.01 Å². The zero-order chi connectivity index (χ0) is 23.2. The summed E-state index contributed by atoms with van der Waals surface area (Å²) < 4.78 is 8.05. The fourth-order valence-electron chi connectivity index (χ4n) is 5.09. The molecule has 1 aliphatic heterocycles. The topological polar surface area (TPSA) is 33.5 Å². The Morgan fingerprint density at radius 3 is 2.03 bits per heavy atom. The van der Waals surface area contributed by atoms with Crippen molar-refractivity contribution in [3.8, 4) is 6.01 Å². The Labute approximate surface area is 202 Å². The van der Waals surface area contributed by atoms with Gasteiger partial charge in [0.25, 0.3) is 6.01 Å². The lowest BCUT2D eigenvalue weighted by atomic mass is 9.96. The molecule has 0 atom stereocenters. The molecule has 3 aromatic carbocycles. The largest absolute Gasteiger partial charge is 0.465 e.